The van der Waals surface area contributed by atoms with Gasteiger partial charge in [-0.25, -0.2) is 4.98 Å². The number of aryl methyl sites for hydroxylation is 1. The summed E-state index contributed by atoms with van der Waals surface area (Å²) in [6.45, 7) is 4.78. The minimum Gasteiger partial charge on any atom is -0.443 e. The van der Waals surface area contributed by atoms with Crippen LogP contribution in [0.5, 0.6) is 0 Å². The van der Waals surface area contributed by atoms with Gasteiger partial charge in [-0.05, 0) is 25.7 Å². The van der Waals surface area contributed by atoms with E-state index in [1.165, 1.54) is 6.39 Å². The first-order valence-electron chi connectivity index (χ1n) is 8.05. The van der Waals surface area contributed by atoms with Crippen molar-refractivity contribution in [3.05, 3.63) is 41.9 Å². The maximum atomic E-state index is 12.4. The maximum absolute atomic E-state index is 12.4. The molecule has 2 aromatic rings. The normalized spacial score (nSPS) is 12.1. The summed E-state index contributed by atoms with van der Waals surface area (Å²) < 4.78 is 5.40. The second-order valence-corrected chi connectivity index (χ2v) is 5.77. The molecule has 124 valence electrons. The van der Waals surface area contributed by atoms with Gasteiger partial charge in [0.05, 0.1) is 0 Å². The van der Waals surface area contributed by atoms with Crippen LogP contribution in [0.2, 0.25) is 0 Å². The molecule has 1 unspecified atom stereocenters. The molecule has 0 saturated carbocycles. The van der Waals surface area contributed by atoms with Crippen molar-refractivity contribution in [2.24, 2.45) is 5.92 Å². The smallest absolute Gasteiger partial charge is 0.273 e. The van der Waals surface area contributed by atoms with Crippen LogP contribution in [0.4, 0.5) is 0 Å². The number of hydrogen-bond donors (Lipinski definition) is 2. The van der Waals surface area contributed by atoms with E-state index < -0.39 is 0 Å². The van der Waals surface area contributed by atoms with E-state index in [9.17, 15) is 4.79 Å². The third kappa shape index (κ3) is 4.66. The molecule has 1 atom stereocenters. The summed E-state index contributed by atoms with van der Waals surface area (Å²) in [6.07, 6.45) is 3.99. The van der Waals surface area contributed by atoms with Gasteiger partial charge in [-0.3, -0.25) is 4.79 Å². The summed E-state index contributed by atoms with van der Waals surface area (Å²) in [5, 5.41) is 12.0. The minimum absolute atomic E-state index is 0.138. The fourth-order valence-corrected chi connectivity index (χ4v) is 2.58. The number of aromatic nitrogens is 1. The van der Waals surface area contributed by atoms with Crippen LogP contribution in [0.25, 0.3) is 11.3 Å². The number of aliphatic hydroxyl groups excluding tert-OH is 1. The lowest BCUT2D eigenvalue weighted by Gasteiger charge is -2.15. The molecule has 23 heavy (non-hydrogen) atoms. The van der Waals surface area contributed by atoms with Gasteiger partial charge >= 0.3 is 0 Å². The largest absolute Gasteiger partial charge is 0.443 e. The standard InChI is InChI=1S/C18H24N2O3/c1-3-4-14(9-10-21)11-19-18(22)16-17(23-12-20-16)15-7-5-13(2)6-8-15/h5-8,12,14,21H,3-4,9-11H2,1-2H3,(H,19,22). The van der Waals surface area contributed by atoms with Crippen molar-refractivity contribution in [1.29, 1.82) is 0 Å². The van der Waals surface area contributed by atoms with Gasteiger partial charge in [-0.15, -0.1) is 0 Å². The first-order valence-corrected chi connectivity index (χ1v) is 8.05. The number of rotatable bonds is 8. The zero-order chi connectivity index (χ0) is 16.7. The number of hydrogen-bond acceptors (Lipinski definition) is 4. The quantitative estimate of drug-likeness (QED) is 0.784. The summed E-state index contributed by atoms with van der Waals surface area (Å²) in [4.78, 5) is 16.4. The Morgan fingerprint density at radius 1 is 1.30 bits per heavy atom. The number of aliphatic hydroxyl groups is 1. The Morgan fingerprint density at radius 2 is 2.04 bits per heavy atom. The molecule has 0 saturated heterocycles. The van der Waals surface area contributed by atoms with Crippen molar-refractivity contribution in [3.8, 4) is 11.3 Å². The zero-order valence-corrected chi connectivity index (χ0v) is 13.7. The highest BCUT2D eigenvalue weighted by molar-refractivity contribution is 5.97. The monoisotopic (exact) mass is 316 g/mol. The van der Waals surface area contributed by atoms with Crippen molar-refractivity contribution in [3.63, 3.8) is 0 Å². The van der Waals surface area contributed by atoms with E-state index in [4.69, 9.17) is 9.52 Å². The molecule has 0 aliphatic carbocycles. The number of nitrogens with one attached hydrogen (secondary N) is 1. The fourth-order valence-electron chi connectivity index (χ4n) is 2.58. The molecule has 2 N–H and O–H groups in total. The third-order valence-corrected chi connectivity index (χ3v) is 3.88. The summed E-state index contributed by atoms with van der Waals surface area (Å²) in [5.74, 6) is 0.522. The second kappa shape index (κ2) is 8.48. The van der Waals surface area contributed by atoms with E-state index in [2.05, 4.69) is 17.2 Å². The molecule has 1 heterocycles. The molecule has 1 aromatic carbocycles. The van der Waals surface area contributed by atoms with Crippen LogP contribution in [0.15, 0.2) is 35.1 Å². The van der Waals surface area contributed by atoms with Crippen LogP contribution in [-0.4, -0.2) is 29.1 Å². The summed E-state index contributed by atoms with van der Waals surface area (Å²) in [6, 6.07) is 7.77. The highest BCUT2D eigenvalue weighted by atomic mass is 16.3. The zero-order valence-electron chi connectivity index (χ0n) is 13.7. The molecule has 0 bridgehead atoms. The number of benzene rings is 1. The van der Waals surface area contributed by atoms with Gasteiger partial charge < -0.3 is 14.8 Å². The molecule has 0 radical (unpaired) electrons. The van der Waals surface area contributed by atoms with Gasteiger partial charge in [0.2, 0.25) is 0 Å². The molecule has 0 fully saturated rings. The lowest BCUT2D eigenvalue weighted by Crippen LogP contribution is -2.30. The van der Waals surface area contributed by atoms with E-state index in [0.29, 0.717) is 24.4 Å². The summed E-state index contributed by atoms with van der Waals surface area (Å²) in [5.41, 5.74) is 2.28. The van der Waals surface area contributed by atoms with Crippen molar-refractivity contribution in [2.45, 2.75) is 33.1 Å². The van der Waals surface area contributed by atoms with E-state index >= 15 is 0 Å². The predicted octanol–water partition coefficient (Wildman–Crippen LogP) is 3.18. The van der Waals surface area contributed by atoms with E-state index in [1.54, 1.807) is 0 Å². The van der Waals surface area contributed by atoms with Gasteiger partial charge in [0.15, 0.2) is 17.8 Å². The number of amides is 1. The van der Waals surface area contributed by atoms with Crippen molar-refractivity contribution in [2.75, 3.05) is 13.2 Å². The fraction of sp³-hybridized carbons (Fsp3) is 0.444. The van der Waals surface area contributed by atoms with Crippen LogP contribution in [0.1, 0.15) is 42.2 Å². The topological polar surface area (TPSA) is 75.4 Å². The SMILES string of the molecule is CCCC(CCO)CNC(=O)c1ncoc1-c1ccc(C)cc1. The number of oxazole rings is 1. The minimum atomic E-state index is -0.242. The van der Waals surface area contributed by atoms with Gasteiger partial charge in [0.1, 0.15) is 0 Å². The van der Waals surface area contributed by atoms with Gasteiger partial charge in [0, 0.05) is 18.7 Å². The lowest BCUT2D eigenvalue weighted by atomic mass is 10.00. The summed E-state index contributed by atoms with van der Waals surface area (Å²) in [7, 11) is 0. The first-order chi connectivity index (χ1) is 11.2. The van der Waals surface area contributed by atoms with E-state index in [-0.39, 0.29) is 18.4 Å². The van der Waals surface area contributed by atoms with Crippen LogP contribution in [0.3, 0.4) is 0 Å². The summed E-state index contributed by atoms with van der Waals surface area (Å²) >= 11 is 0. The van der Waals surface area contributed by atoms with E-state index in [0.717, 1.165) is 24.0 Å². The first kappa shape index (κ1) is 17.2. The Kier molecular flexibility index (Phi) is 6.35. The molecular formula is C18H24N2O3. The van der Waals surface area contributed by atoms with Crippen molar-refractivity contribution in [1.82, 2.24) is 10.3 Å². The van der Waals surface area contributed by atoms with Crippen LogP contribution in [0, 0.1) is 12.8 Å². The highest BCUT2D eigenvalue weighted by Gasteiger charge is 2.19. The number of nitrogens with zero attached hydrogens (tertiary/aromatic N) is 1. The second-order valence-electron chi connectivity index (χ2n) is 5.77. The van der Waals surface area contributed by atoms with Crippen LogP contribution < -0.4 is 5.32 Å². The average molecular weight is 316 g/mol. The van der Waals surface area contributed by atoms with Crippen LogP contribution >= 0.6 is 0 Å². The third-order valence-electron chi connectivity index (χ3n) is 3.88. The Morgan fingerprint density at radius 3 is 2.70 bits per heavy atom. The number of carbonyl (C=O) groups excluding carboxylic acids is 1. The van der Waals surface area contributed by atoms with Gasteiger partial charge in [-0.1, -0.05) is 43.2 Å². The van der Waals surface area contributed by atoms with Gasteiger partial charge in [-0.2, -0.15) is 0 Å². The lowest BCUT2D eigenvalue weighted by molar-refractivity contribution is 0.0938. The van der Waals surface area contributed by atoms with Crippen molar-refractivity contribution < 1.29 is 14.3 Å². The molecule has 2 rings (SSSR count). The molecule has 5 nitrogen and oxygen atoms in total. The maximum Gasteiger partial charge on any atom is 0.273 e. The Hall–Kier alpha value is -2.14. The molecule has 1 aromatic heterocycles. The molecular weight excluding hydrogens is 292 g/mol. The Balaban J connectivity index is 2.06. The molecule has 0 spiro atoms. The average Bonchev–Trinajstić information content (AvgIpc) is 3.03. The Labute approximate surface area is 136 Å². The van der Waals surface area contributed by atoms with Crippen LogP contribution in [-0.2, 0) is 0 Å². The molecule has 1 amide bonds. The predicted molar refractivity (Wildman–Crippen MR) is 89.1 cm³/mol. The number of carbonyl (C=O) groups is 1. The molecule has 0 aliphatic rings. The highest BCUT2D eigenvalue weighted by Crippen LogP contribution is 2.23. The molecule has 0 aliphatic heterocycles. The molecule has 5 heteroatoms. The van der Waals surface area contributed by atoms with E-state index in [1.807, 2.05) is 31.2 Å². The van der Waals surface area contributed by atoms with Crippen molar-refractivity contribution >= 4 is 5.91 Å². The van der Waals surface area contributed by atoms with Gasteiger partial charge in [0.25, 0.3) is 5.91 Å². The Bertz CT molecular complexity index is 613.